The average Bonchev–Trinajstić information content (AvgIpc) is 2.53. The molecule has 0 spiro atoms. The molecule has 0 aromatic carbocycles. The molecule has 0 aliphatic heterocycles. The molecule has 2 heterocycles. The van der Waals surface area contributed by atoms with E-state index in [0.717, 1.165) is 16.6 Å². The van der Waals surface area contributed by atoms with Gasteiger partial charge in [-0.3, -0.25) is 4.79 Å². The highest BCUT2D eigenvalue weighted by Crippen LogP contribution is 2.34. The standard InChI is InChI=1S/C11H10ClN3O/c1-6-4-15(7-2-8(16)3-7)11-9(6)10(12)13-5-14-11/h4-5,7H,2-3H2,1H3. The minimum absolute atomic E-state index is 0.245. The lowest BCUT2D eigenvalue weighted by Gasteiger charge is -2.26. The highest BCUT2D eigenvalue weighted by atomic mass is 35.5. The zero-order valence-corrected chi connectivity index (χ0v) is 9.53. The number of hydrogen-bond donors (Lipinski definition) is 0. The average molecular weight is 236 g/mol. The van der Waals surface area contributed by atoms with Gasteiger partial charge in [0.2, 0.25) is 0 Å². The summed E-state index contributed by atoms with van der Waals surface area (Å²) < 4.78 is 2.04. The summed E-state index contributed by atoms with van der Waals surface area (Å²) in [7, 11) is 0. The van der Waals surface area contributed by atoms with Gasteiger partial charge in [0, 0.05) is 25.1 Å². The number of Topliss-reactive ketones (excluding diaryl/α,β-unsaturated/α-hetero) is 1. The number of carbonyl (C=O) groups is 1. The van der Waals surface area contributed by atoms with E-state index in [4.69, 9.17) is 11.6 Å². The Labute approximate surface area is 97.3 Å². The second kappa shape index (κ2) is 3.28. The van der Waals surface area contributed by atoms with E-state index in [0.29, 0.717) is 23.8 Å². The van der Waals surface area contributed by atoms with Gasteiger partial charge in [0.15, 0.2) is 0 Å². The molecule has 1 aliphatic carbocycles. The number of fused-ring (bicyclic) bond motifs is 1. The highest BCUT2D eigenvalue weighted by Gasteiger charge is 2.29. The summed E-state index contributed by atoms with van der Waals surface area (Å²) in [5, 5.41) is 1.37. The molecule has 0 N–H and O–H groups in total. The molecule has 82 valence electrons. The molecule has 0 atom stereocenters. The van der Waals surface area contributed by atoms with Gasteiger partial charge in [-0.15, -0.1) is 0 Å². The molecule has 0 saturated heterocycles. The van der Waals surface area contributed by atoms with E-state index in [1.165, 1.54) is 6.33 Å². The van der Waals surface area contributed by atoms with E-state index in [2.05, 4.69) is 9.97 Å². The molecule has 0 unspecified atom stereocenters. The topological polar surface area (TPSA) is 47.8 Å². The fraction of sp³-hybridized carbons (Fsp3) is 0.364. The molecule has 4 nitrogen and oxygen atoms in total. The Bertz CT molecular complexity index is 582. The molecule has 0 radical (unpaired) electrons. The van der Waals surface area contributed by atoms with Crippen LogP contribution in [0.3, 0.4) is 0 Å². The van der Waals surface area contributed by atoms with Gasteiger partial charge < -0.3 is 4.57 Å². The van der Waals surface area contributed by atoms with Crippen molar-refractivity contribution in [2.45, 2.75) is 25.8 Å². The largest absolute Gasteiger partial charge is 0.328 e. The van der Waals surface area contributed by atoms with Crippen molar-refractivity contribution in [2.75, 3.05) is 0 Å². The molecule has 0 amide bonds. The number of nitrogens with zero attached hydrogens (tertiary/aromatic N) is 3. The van der Waals surface area contributed by atoms with Gasteiger partial charge in [-0.2, -0.15) is 0 Å². The van der Waals surface area contributed by atoms with Crippen LogP contribution in [-0.2, 0) is 4.79 Å². The van der Waals surface area contributed by atoms with Crippen LogP contribution in [-0.4, -0.2) is 20.3 Å². The summed E-state index contributed by atoms with van der Waals surface area (Å²) >= 11 is 6.04. The molecule has 1 fully saturated rings. The van der Waals surface area contributed by atoms with E-state index >= 15 is 0 Å². The van der Waals surface area contributed by atoms with E-state index in [-0.39, 0.29) is 6.04 Å². The van der Waals surface area contributed by atoms with E-state index in [1.54, 1.807) is 0 Å². The summed E-state index contributed by atoms with van der Waals surface area (Å²) in [6.07, 6.45) is 4.67. The van der Waals surface area contributed by atoms with Crippen LogP contribution in [0.2, 0.25) is 5.15 Å². The van der Waals surface area contributed by atoms with Gasteiger partial charge in [0.1, 0.15) is 22.9 Å². The van der Waals surface area contributed by atoms with Gasteiger partial charge in [0.25, 0.3) is 0 Å². The molecule has 3 rings (SSSR count). The Balaban J connectivity index is 2.19. The van der Waals surface area contributed by atoms with Crippen molar-refractivity contribution in [3.63, 3.8) is 0 Å². The van der Waals surface area contributed by atoms with Crippen LogP contribution in [0.4, 0.5) is 0 Å². The third-order valence-electron chi connectivity index (χ3n) is 3.07. The van der Waals surface area contributed by atoms with E-state index in [9.17, 15) is 4.79 Å². The third-order valence-corrected chi connectivity index (χ3v) is 3.36. The van der Waals surface area contributed by atoms with Gasteiger partial charge in [-0.25, -0.2) is 9.97 Å². The van der Waals surface area contributed by atoms with Crippen LogP contribution in [0.15, 0.2) is 12.5 Å². The van der Waals surface area contributed by atoms with Gasteiger partial charge >= 0.3 is 0 Å². The predicted octanol–water partition coefficient (Wildman–Crippen LogP) is 2.30. The second-order valence-corrected chi connectivity index (χ2v) is 4.54. The van der Waals surface area contributed by atoms with Crippen molar-refractivity contribution in [2.24, 2.45) is 0 Å². The number of ketones is 1. The van der Waals surface area contributed by atoms with Crippen LogP contribution in [0.1, 0.15) is 24.4 Å². The molecule has 1 saturated carbocycles. The van der Waals surface area contributed by atoms with Crippen LogP contribution < -0.4 is 0 Å². The van der Waals surface area contributed by atoms with Gasteiger partial charge in [0.05, 0.1) is 5.39 Å². The summed E-state index contributed by atoms with van der Waals surface area (Å²) in [5.74, 6) is 0.310. The molecule has 5 heteroatoms. The smallest absolute Gasteiger partial charge is 0.145 e. The first-order valence-electron chi connectivity index (χ1n) is 5.16. The quantitative estimate of drug-likeness (QED) is 0.713. The summed E-state index contributed by atoms with van der Waals surface area (Å²) in [6, 6.07) is 0.245. The molecular formula is C11H10ClN3O. The number of rotatable bonds is 1. The van der Waals surface area contributed by atoms with Crippen LogP contribution in [0.5, 0.6) is 0 Å². The van der Waals surface area contributed by atoms with Crippen molar-refractivity contribution >= 4 is 28.4 Å². The van der Waals surface area contributed by atoms with Crippen molar-refractivity contribution in [3.05, 3.63) is 23.2 Å². The normalized spacial score (nSPS) is 16.8. The lowest BCUT2D eigenvalue weighted by atomic mass is 9.91. The minimum atomic E-state index is 0.245. The number of aryl methyl sites for hydroxylation is 1. The summed E-state index contributed by atoms with van der Waals surface area (Å²) in [6.45, 7) is 1.98. The lowest BCUT2D eigenvalue weighted by Crippen LogP contribution is -2.26. The van der Waals surface area contributed by atoms with Crippen LogP contribution >= 0.6 is 11.6 Å². The van der Waals surface area contributed by atoms with Crippen LogP contribution in [0, 0.1) is 6.92 Å². The van der Waals surface area contributed by atoms with Gasteiger partial charge in [-0.05, 0) is 12.5 Å². The summed E-state index contributed by atoms with van der Waals surface area (Å²) in [4.78, 5) is 19.2. The van der Waals surface area contributed by atoms with Crippen molar-refractivity contribution in [1.82, 2.24) is 14.5 Å². The lowest BCUT2D eigenvalue weighted by molar-refractivity contribution is -0.126. The third kappa shape index (κ3) is 1.26. The molecule has 0 bridgehead atoms. The van der Waals surface area contributed by atoms with Crippen molar-refractivity contribution in [1.29, 1.82) is 0 Å². The Morgan fingerprint density at radius 3 is 2.88 bits per heavy atom. The zero-order chi connectivity index (χ0) is 11.3. The van der Waals surface area contributed by atoms with Crippen molar-refractivity contribution < 1.29 is 4.79 Å². The molecule has 16 heavy (non-hydrogen) atoms. The Kier molecular flexibility index (Phi) is 2.01. The predicted molar refractivity (Wildman–Crippen MR) is 60.6 cm³/mol. The number of hydrogen-bond acceptors (Lipinski definition) is 3. The summed E-state index contributed by atoms with van der Waals surface area (Å²) in [5.41, 5.74) is 1.88. The SMILES string of the molecule is Cc1cn(C2CC(=O)C2)c2ncnc(Cl)c12. The maximum absolute atomic E-state index is 11.0. The molecule has 2 aromatic rings. The second-order valence-electron chi connectivity index (χ2n) is 4.18. The fourth-order valence-corrected chi connectivity index (χ4v) is 2.44. The van der Waals surface area contributed by atoms with E-state index < -0.39 is 0 Å². The first-order valence-corrected chi connectivity index (χ1v) is 5.54. The fourth-order valence-electron chi connectivity index (χ4n) is 2.17. The molecule has 2 aromatic heterocycles. The Morgan fingerprint density at radius 2 is 2.19 bits per heavy atom. The molecule has 1 aliphatic rings. The number of carbonyl (C=O) groups excluding carboxylic acids is 1. The first kappa shape index (κ1) is 9.78. The monoisotopic (exact) mass is 235 g/mol. The highest BCUT2D eigenvalue weighted by molar-refractivity contribution is 6.34. The number of halogens is 1. The van der Waals surface area contributed by atoms with Gasteiger partial charge in [-0.1, -0.05) is 11.6 Å². The van der Waals surface area contributed by atoms with Crippen molar-refractivity contribution in [3.8, 4) is 0 Å². The minimum Gasteiger partial charge on any atom is -0.328 e. The van der Waals surface area contributed by atoms with E-state index in [1.807, 2.05) is 17.7 Å². The maximum atomic E-state index is 11.0. The Morgan fingerprint density at radius 1 is 1.44 bits per heavy atom. The van der Waals surface area contributed by atoms with Crippen LogP contribution in [0.25, 0.3) is 11.0 Å². The Hall–Kier alpha value is -1.42. The molecular weight excluding hydrogens is 226 g/mol. The first-order chi connectivity index (χ1) is 7.66. The zero-order valence-electron chi connectivity index (χ0n) is 8.77. The number of aromatic nitrogens is 3. The maximum Gasteiger partial charge on any atom is 0.145 e.